The van der Waals surface area contributed by atoms with Crippen molar-refractivity contribution < 1.29 is 14.4 Å². The molecule has 0 aliphatic carbocycles. The second-order valence-electron chi connectivity index (χ2n) is 7.62. The van der Waals surface area contributed by atoms with Crippen molar-refractivity contribution >= 4 is 17.7 Å². The third-order valence-electron chi connectivity index (χ3n) is 4.66. The van der Waals surface area contributed by atoms with Gasteiger partial charge in [0.05, 0.1) is 6.54 Å². The van der Waals surface area contributed by atoms with Crippen molar-refractivity contribution in [1.82, 2.24) is 15.5 Å². The zero-order chi connectivity index (χ0) is 21.9. The van der Waals surface area contributed by atoms with E-state index in [4.69, 9.17) is 0 Å². The smallest absolute Gasteiger partial charge is 0.247 e. The lowest BCUT2D eigenvalue weighted by Crippen LogP contribution is -2.45. The molecule has 3 amide bonds. The molecule has 0 bridgehead atoms. The number of nitrogens with one attached hydrogen (secondary N) is 2. The molecular formula is C24H31N3O3. The van der Waals surface area contributed by atoms with Gasteiger partial charge in [0, 0.05) is 19.5 Å². The maximum Gasteiger partial charge on any atom is 0.247 e. The van der Waals surface area contributed by atoms with Crippen LogP contribution in [0, 0.1) is 5.92 Å². The fourth-order valence-corrected chi connectivity index (χ4v) is 3.09. The topological polar surface area (TPSA) is 78.5 Å². The molecule has 0 spiro atoms. The standard InChI is InChI=1S/C24H31N3O3/c1-4-27(17-19-11-7-5-8-12-19)22(29)16-25-24(30)23(20-13-9-6-10-14-20)26-21(28)15-18(2)3/h5-14,18,23H,4,15-17H2,1-3H3,(H,25,30)(H,26,28). The molecule has 30 heavy (non-hydrogen) atoms. The van der Waals surface area contributed by atoms with E-state index in [1.54, 1.807) is 17.0 Å². The average molecular weight is 410 g/mol. The van der Waals surface area contributed by atoms with Crippen LogP contribution in [0.2, 0.25) is 0 Å². The predicted octanol–water partition coefficient (Wildman–Crippen LogP) is 3.05. The highest BCUT2D eigenvalue weighted by atomic mass is 16.2. The number of likely N-dealkylation sites (N-methyl/N-ethyl adjacent to an activating group) is 1. The molecule has 0 aliphatic heterocycles. The van der Waals surface area contributed by atoms with Crippen LogP contribution in [0.4, 0.5) is 0 Å². The number of hydrogen-bond acceptors (Lipinski definition) is 3. The maximum absolute atomic E-state index is 12.8. The van der Waals surface area contributed by atoms with Gasteiger partial charge in [-0.1, -0.05) is 74.5 Å². The molecule has 6 nitrogen and oxygen atoms in total. The van der Waals surface area contributed by atoms with Crippen molar-refractivity contribution in [3.63, 3.8) is 0 Å². The van der Waals surface area contributed by atoms with Crippen LogP contribution in [0.25, 0.3) is 0 Å². The number of hydrogen-bond donors (Lipinski definition) is 2. The first-order valence-corrected chi connectivity index (χ1v) is 10.3. The van der Waals surface area contributed by atoms with E-state index in [1.165, 1.54) is 0 Å². The molecule has 6 heteroatoms. The molecule has 2 aromatic carbocycles. The highest BCUT2D eigenvalue weighted by Crippen LogP contribution is 2.14. The average Bonchev–Trinajstić information content (AvgIpc) is 2.74. The number of amides is 3. The molecule has 2 aromatic rings. The molecule has 1 atom stereocenters. The Bertz CT molecular complexity index is 822. The Hall–Kier alpha value is -3.15. The van der Waals surface area contributed by atoms with Crippen LogP contribution in [0.3, 0.4) is 0 Å². The molecule has 0 heterocycles. The van der Waals surface area contributed by atoms with E-state index >= 15 is 0 Å². The zero-order valence-electron chi connectivity index (χ0n) is 17.9. The van der Waals surface area contributed by atoms with Crippen molar-refractivity contribution in [3.05, 3.63) is 71.8 Å². The fourth-order valence-electron chi connectivity index (χ4n) is 3.09. The molecular weight excluding hydrogens is 378 g/mol. The quantitative estimate of drug-likeness (QED) is 0.633. The lowest BCUT2D eigenvalue weighted by Gasteiger charge is -2.23. The Morgan fingerprint density at radius 3 is 2.10 bits per heavy atom. The zero-order valence-corrected chi connectivity index (χ0v) is 17.9. The summed E-state index contributed by atoms with van der Waals surface area (Å²) >= 11 is 0. The minimum absolute atomic E-state index is 0.122. The van der Waals surface area contributed by atoms with E-state index in [9.17, 15) is 14.4 Å². The van der Waals surface area contributed by atoms with Crippen LogP contribution in [0.15, 0.2) is 60.7 Å². The third kappa shape index (κ3) is 7.35. The Morgan fingerprint density at radius 1 is 0.933 bits per heavy atom. The van der Waals surface area contributed by atoms with Crippen LogP contribution in [0.5, 0.6) is 0 Å². The monoisotopic (exact) mass is 409 g/mol. The Balaban J connectivity index is 2.01. The Kier molecular flexibility index (Phi) is 9.06. The van der Waals surface area contributed by atoms with Gasteiger partial charge in [0.15, 0.2) is 0 Å². The molecule has 0 aliphatic rings. The lowest BCUT2D eigenvalue weighted by molar-refractivity contribution is -0.134. The highest BCUT2D eigenvalue weighted by Gasteiger charge is 2.24. The van der Waals surface area contributed by atoms with Crippen molar-refractivity contribution in [2.24, 2.45) is 5.92 Å². The highest BCUT2D eigenvalue weighted by molar-refractivity contribution is 5.91. The van der Waals surface area contributed by atoms with E-state index in [-0.39, 0.29) is 24.3 Å². The van der Waals surface area contributed by atoms with Crippen molar-refractivity contribution in [2.45, 2.75) is 39.8 Å². The number of rotatable bonds is 10. The van der Waals surface area contributed by atoms with Crippen molar-refractivity contribution in [3.8, 4) is 0 Å². The fraction of sp³-hybridized carbons (Fsp3) is 0.375. The second-order valence-corrected chi connectivity index (χ2v) is 7.62. The molecule has 0 fully saturated rings. The Morgan fingerprint density at radius 2 is 1.53 bits per heavy atom. The summed E-state index contributed by atoms with van der Waals surface area (Å²) in [6.45, 7) is 6.70. The molecule has 160 valence electrons. The molecule has 2 N–H and O–H groups in total. The summed E-state index contributed by atoms with van der Waals surface area (Å²) in [5, 5.41) is 5.49. The van der Waals surface area contributed by atoms with E-state index in [2.05, 4.69) is 10.6 Å². The van der Waals surface area contributed by atoms with Gasteiger partial charge in [-0.05, 0) is 24.0 Å². The van der Waals surface area contributed by atoms with Gasteiger partial charge in [-0.3, -0.25) is 14.4 Å². The van der Waals surface area contributed by atoms with Gasteiger partial charge >= 0.3 is 0 Å². The molecule has 0 saturated carbocycles. The van der Waals surface area contributed by atoms with Gasteiger partial charge in [-0.25, -0.2) is 0 Å². The van der Waals surface area contributed by atoms with E-state index in [1.807, 2.05) is 69.3 Å². The summed E-state index contributed by atoms with van der Waals surface area (Å²) in [4.78, 5) is 39.4. The van der Waals surface area contributed by atoms with Crippen LogP contribution in [-0.2, 0) is 20.9 Å². The van der Waals surface area contributed by atoms with Crippen LogP contribution in [-0.4, -0.2) is 35.7 Å². The van der Waals surface area contributed by atoms with E-state index in [0.29, 0.717) is 25.1 Å². The summed E-state index contributed by atoms with van der Waals surface area (Å²) in [7, 11) is 0. The first-order valence-electron chi connectivity index (χ1n) is 10.3. The summed E-state index contributed by atoms with van der Waals surface area (Å²) in [5.74, 6) is -0.584. The van der Waals surface area contributed by atoms with Crippen LogP contribution >= 0.6 is 0 Å². The summed E-state index contributed by atoms with van der Waals surface area (Å²) < 4.78 is 0. The third-order valence-corrected chi connectivity index (χ3v) is 4.66. The van der Waals surface area contributed by atoms with Gasteiger partial charge in [0.2, 0.25) is 17.7 Å². The maximum atomic E-state index is 12.8. The summed E-state index contributed by atoms with van der Waals surface area (Å²) in [5.41, 5.74) is 1.71. The summed E-state index contributed by atoms with van der Waals surface area (Å²) in [6, 6.07) is 17.9. The van der Waals surface area contributed by atoms with Gasteiger partial charge in [0.25, 0.3) is 0 Å². The number of carbonyl (C=O) groups is 3. The molecule has 1 unspecified atom stereocenters. The van der Waals surface area contributed by atoms with E-state index in [0.717, 1.165) is 5.56 Å². The van der Waals surface area contributed by atoms with Gasteiger partial charge in [0.1, 0.15) is 6.04 Å². The predicted molar refractivity (Wildman–Crippen MR) is 117 cm³/mol. The Labute approximate surface area is 178 Å². The molecule has 0 saturated heterocycles. The van der Waals surface area contributed by atoms with Gasteiger partial charge in [-0.15, -0.1) is 0 Å². The molecule has 2 rings (SSSR count). The molecule has 0 aromatic heterocycles. The van der Waals surface area contributed by atoms with Crippen LogP contribution < -0.4 is 10.6 Å². The largest absolute Gasteiger partial charge is 0.345 e. The first kappa shape index (κ1) is 23.1. The number of nitrogens with zero attached hydrogens (tertiary/aromatic N) is 1. The van der Waals surface area contributed by atoms with Crippen LogP contribution in [0.1, 0.15) is 44.4 Å². The van der Waals surface area contributed by atoms with Crippen molar-refractivity contribution in [2.75, 3.05) is 13.1 Å². The molecule has 0 radical (unpaired) electrons. The van der Waals surface area contributed by atoms with Gasteiger partial charge in [-0.2, -0.15) is 0 Å². The normalized spacial score (nSPS) is 11.6. The number of benzene rings is 2. The van der Waals surface area contributed by atoms with Gasteiger partial charge < -0.3 is 15.5 Å². The summed E-state index contributed by atoms with van der Waals surface area (Å²) in [6.07, 6.45) is 0.330. The SMILES string of the molecule is CCN(Cc1ccccc1)C(=O)CNC(=O)C(NC(=O)CC(C)C)c1ccccc1. The minimum Gasteiger partial charge on any atom is -0.345 e. The van der Waals surface area contributed by atoms with E-state index < -0.39 is 11.9 Å². The van der Waals surface area contributed by atoms with Crippen molar-refractivity contribution in [1.29, 1.82) is 0 Å². The lowest BCUT2D eigenvalue weighted by atomic mass is 10.0. The minimum atomic E-state index is -0.838. The number of carbonyl (C=O) groups excluding carboxylic acids is 3. The second kappa shape index (κ2) is 11.8. The first-order chi connectivity index (χ1) is 14.4.